The van der Waals surface area contributed by atoms with Gasteiger partial charge in [0.2, 0.25) is 0 Å². The first-order chi connectivity index (χ1) is 12.7. The molecule has 1 aliphatic heterocycles. The highest BCUT2D eigenvalue weighted by Gasteiger charge is 2.23. The molecule has 1 aliphatic rings. The van der Waals surface area contributed by atoms with Gasteiger partial charge >= 0.3 is 0 Å². The average Bonchev–Trinajstić information content (AvgIpc) is 2.68. The zero-order valence-corrected chi connectivity index (χ0v) is 18.2. The summed E-state index contributed by atoms with van der Waals surface area (Å²) in [6.45, 7) is 5.73. The summed E-state index contributed by atoms with van der Waals surface area (Å²) in [7, 11) is 0. The third-order valence-electron chi connectivity index (χ3n) is 4.64. The molecule has 2 aromatic rings. The Bertz CT molecular complexity index is 739. The van der Waals surface area contributed by atoms with Crippen molar-refractivity contribution >= 4 is 42.3 Å². The predicted octanol–water partition coefficient (Wildman–Crippen LogP) is 4.83. The molecular formula is C20H26Cl3N3O2. The van der Waals surface area contributed by atoms with E-state index < -0.39 is 0 Å². The largest absolute Gasteiger partial charge is 0.456 e. The molecule has 1 amide bonds. The van der Waals surface area contributed by atoms with Gasteiger partial charge in [-0.3, -0.25) is 9.78 Å². The number of ether oxygens (including phenoxy) is 1. The van der Waals surface area contributed by atoms with Crippen molar-refractivity contribution in [3.8, 4) is 11.5 Å². The normalized spacial score (nSPS) is 14.0. The molecule has 154 valence electrons. The molecular weight excluding hydrogens is 421 g/mol. The highest BCUT2D eigenvalue weighted by molar-refractivity contribution is 6.32. The van der Waals surface area contributed by atoms with Crippen LogP contribution in [0.5, 0.6) is 11.5 Å². The monoisotopic (exact) mass is 445 g/mol. The number of nitrogens with zero attached hydrogens (tertiary/aromatic N) is 2. The maximum absolute atomic E-state index is 12.7. The van der Waals surface area contributed by atoms with Crippen LogP contribution in [0.25, 0.3) is 0 Å². The molecule has 1 fully saturated rings. The van der Waals surface area contributed by atoms with Gasteiger partial charge in [0.25, 0.3) is 5.91 Å². The Kier molecular flexibility index (Phi) is 10.6. The quantitative estimate of drug-likeness (QED) is 0.690. The van der Waals surface area contributed by atoms with Crippen LogP contribution in [0.1, 0.15) is 30.1 Å². The van der Waals surface area contributed by atoms with E-state index in [0.717, 1.165) is 39.0 Å². The highest BCUT2D eigenvalue weighted by atomic mass is 35.5. The summed E-state index contributed by atoms with van der Waals surface area (Å²) < 4.78 is 5.74. The van der Waals surface area contributed by atoms with Gasteiger partial charge < -0.3 is 15.0 Å². The van der Waals surface area contributed by atoms with Crippen LogP contribution in [-0.2, 0) is 0 Å². The number of piperidine rings is 1. The van der Waals surface area contributed by atoms with Crippen molar-refractivity contribution in [2.75, 3.05) is 26.2 Å². The van der Waals surface area contributed by atoms with E-state index in [1.165, 1.54) is 0 Å². The van der Waals surface area contributed by atoms with Gasteiger partial charge in [0.15, 0.2) is 0 Å². The summed E-state index contributed by atoms with van der Waals surface area (Å²) in [6.07, 6.45) is 5.38. The number of halogens is 3. The lowest BCUT2D eigenvalue weighted by atomic mass is 9.96. The zero-order chi connectivity index (χ0) is 18.4. The predicted molar refractivity (Wildman–Crippen MR) is 117 cm³/mol. The van der Waals surface area contributed by atoms with E-state index in [4.69, 9.17) is 16.3 Å². The molecule has 1 aromatic carbocycles. The van der Waals surface area contributed by atoms with E-state index in [9.17, 15) is 4.79 Å². The number of carbonyl (C=O) groups excluding carboxylic acids is 1. The van der Waals surface area contributed by atoms with E-state index in [1.807, 2.05) is 4.90 Å². The lowest BCUT2D eigenvalue weighted by Gasteiger charge is -2.32. The standard InChI is InChI=1S/C20H24ClN3O2.2ClH/c1-2-22-14-15-7-11-24(12-8-15)20(25)16-3-4-19(18(21)13-16)26-17-5-9-23-10-6-17;;/h3-6,9-10,13,15,22H,2,7-8,11-12,14H2,1H3;2*1H. The molecule has 28 heavy (non-hydrogen) atoms. The van der Waals surface area contributed by atoms with Crippen molar-refractivity contribution in [3.63, 3.8) is 0 Å². The molecule has 1 aromatic heterocycles. The lowest BCUT2D eigenvalue weighted by Crippen LogP contribution is -2.40. The molecule has 5 nitrogen and oxygen atoms in total. The van der Waals surface area contributed by atoms with Crippen LogP contribution in [0.15, 0.2) is 42.7 Å². The molecule has 1 N–H and O–H groups in total. The summed E-state index contributed by atoms with van der Waals surface area (Å²) in [4.78, 5) is 18.6. The number of aromatic nitrogens is 1. The van der Waals surface area contributed by atoms with E-state index in [1.54, 1.807) is 42.7 Å². The maximum atomic E-state index is 12.7. The second kappa shape index (κ2) is 12.1. The van der Waals surface area contributed by atoms with Crippen LogP contribution in [-0.4, -0.2) is 42.0 Å². The number of nitrogens with one attached hydrogen (secondary N) is 1. The molecule has 0 atom stereocenters. The summed E-state index contributed by atoms with van der Waals surface area (Å²) in [6, 6.07) is 8.72. The summed E-state index contributed by atoms with van der Waals surface area (Å²) >= 11 is 6.32. The fourth-order valence-corrected chi connectivity index (χ4v) is 3.34. The fraction of sp³-hybridized carbons (Fsp3) is 0.400. The van der Waals surface area contributed by atoms with E-state index >= 15 is 0 Å². The van der Waals surface area contributed by atoms with Crippen molar-refractivity contribution in [2.24, 2.45) is 5.92 Å². The van der Waals surface area contributed by atoms with Crippen LogP contribution in [0, 0.1) is 5.92 Å². The molecule has 0 aliphatic carbocycles. The van der Waals surface area contributed by atoms with Crippen molar-refractivity contribution in [1.82, 2.24) is 15.2 Å². The Hall–Kier alpha value is -1.53. The van der Waals surface area contributed by atoms with Crippen molar-refractivity contribution in [3.05, 3.63) is 53.3 Å². The molecule has 0 radical (unpaired) electrons. The first-order valence-corrected chi connectivity index (χ1v) is 9.42. The first-order valence-electron chi connectivity index (χ1n) is 9.04. The lowest BCUT2D eigenvalue weighted by molar-refractivity contribution is 0.0690. The van der Waals surface area contributed by atoms with Crippen molar-refractivity contribution in [1.29, 1.82) is 0 Å². The molecule has 3 rings (SSSR count). The zero-order valence-electron chi connectivity index (χ0n) is 15.8. The van der Waals surface area contributed by atoms with Crippen LogP contribution >= 0.6 is 36.4 Å². The van der Waals surface area contributed by atoms with E-state index in [0.29, 0.717) is 28.0 Å². The summed E-state index contributed by atoms with van der Waals surface area (Å²) in [5.74, 6) is 1.87. The molecule has 8 heteroatoms. The molecule has 0 bridgehead atoms. The Morgan fingerprint density at radius 1 is 1.21 bits per heavy atom. The fourth-order valence-electron chi connectivity index (χ4n) is 3.12. The Morgan fingerprint density at radius 2 is 1.89 bits per heavy atom. The topological polar surface area (TPSA) is 54.5 Å². The molecule has 0 saturated carbocycles. The van der Waals surface area contributed by atoms with Crippen molar-refractivity contribution < 1.29 is 9.53 Å². The van der Waals surface area contributed by atoms with Crippen molar-refractivity contribution in [2.45, 2.75) is 19.8 Å². The van der Waals surface area contributed by atoms with Gasteiger partial charge in [-0.05, 0) is 62.2 Å². The minimum atomic E-state index is 0. The Morgan fingerprint density at radius 3 is 2.50 bits per heavy atom. The number of hydrogen-bond acceptors (Lipinski definition) is 4. The van der Waals surface area contributed by atoms with Gasteiger partial charge in [0, 0.05) is 31.0 Å². The second-order valence-corrected chi connectivity index (χ2v) is 6.88. The number of likely N-dealkylation sites (tertiary alicyclic amines) is 1. The SMILES string of the molecule is CCNCC1CCN(C(=O)c2ccc(Oc3ccncc3)c(Cl)c2)CC1.Cl.Cl. The number of hydrogen-bond donors (Lipinski definition) is 1. The Balaban J connectivity index is 0.00000196. The minimum absolute atomic E-state index is 0. The van der Waals surface area contributed by atoms with Gasteiger partial charge in [-0.2, -0.15) is 0 Å². The van der Waals surface area contributed by atoms with Gasteiger partial charge in [0.1, 0.15) is 11.5 Å². The summed E-state index contributed by atoms with van der Waals surface area (Å²) in [5, 5.41) is 3.81. The molecule has 0 spiro atoms. The molecule has 1 saturated heterocycles. The first kappa shape index (κ1) is 24.5. The van der Waals surface area contributed by atoms with Crippen LogP contribution in [0.3, 0.4) is 0 Å². The number of amides is 1. The van der Waals surface area contributed by atoms with Crippen LogP contribution < -0.4 is 10.1 Å². The number of benzene rings is 1. The van der Waals surface area contributed by atoms with Crippen LogP contribution in [0.4, 0.5) is 0 Å². The van der Waals surface area contributed by atoms with Gasteiger partial charge in [-0.15, -0.1) is 24.8 Å². The van der Waals surface area contributed by atoms with E-state index in [-0.39, 0.29) is 30.7 Å². The number of pyridine rings is 1. The summed E-state index contributed by atoms with van der Waals surface area (Å²) in [5.41, 5.74) is 0.599. The second-order valence-electron chi connectivity index (χ2n) is 6.47. The van der Waals surface area contributed by atoms with Gasteiger partial charge in [-0.25, -0.2) is 0 Å². The maximum Gasteiger partial charge on any atom is 0.253 e. The number of carbonyl (C=O) groups is 1. The van der Waals surface area contributed by atoms with E-state index in [2.05, 4.69) is 17.2 Å². The smallest absolute Gasteiger partial charge is 0.253 e. The number of rotatable bonds is 6. The van der Waals surface area contributed by atoms with Crippen LogP contribution in [0.2, 0.25) is 5.02 Å². The molecule has 2 heterocycles. The highest BCUT2D eigenvalue weighted by Crippen LogP contribution is 2.30. The third kappa shape index (κ3) is 6.52. The third-order valence-corrected chi connectivity index (χ3v) is 4.94. The average molecular weight is 447 g/mol. The minimum Gasteiger partial charge on any atom is -0.456 e. The van der Waals surface area contributed by atoms with Gasteiger partial charge in [0.05, 0.1) is 5.02 Å². The molecule has 0 unspecified atom stereocenters. The Labute approximate surface area is 183 Å². The van der Waals surface area contributed by atoms with Gasteiger partial charge in [-0.1, -0.05) is 18.5 Å².